The van der Waals surface area contributed by atoms with Crippen LogP contribution >= 0.6 is 0 Å². The Morgan fingerprint density at radius 3 is 2.96 bits per heavy atom. The standard InChI is InChI=1S/C22H23NO3/c1-3-25-16-11-12-20-18(13-16)14(2)21(26-20)22(24)23-19-10-6-8-15-7-4-5-9-17(15)19/h4-5,7,9,11-13,19H,3,6,8,10H2,1-2H3,(H,23,24)/t19-/m1/s1. The van der Waals surface area contributed by atoms with E-state index in [2.05, 4.69) is 23.5 Å². The van der Waals surface area contributed by atoms with Crippen LogP contribution in [0.25, 0.3) is 11.0 Å². The third kappa shape index (κ3) is 2.96. The van der Waals surface area contributed by atoms with Crippen molar-refractivity contribution in [3.05, 3.63) is 64.9 Å². The molecule has 0 fully saturated rings. The first-order valence-electron chi connectivity index (χ1n) is 9.22. The van der Waals surface area contributed by atoms with Gasteiger partial charge in [-0.2, -0.15) is 0 Å². The van der Waals surface area contributed by atoms with E-state index in [0.29, 0.717) is 18.0 Å². The summed E-state index contributed by atoms with van der Waals surface area (Å²) in [6, 6.07) is 14.1. The van der Waals surface area contributed by atoms with Gasteiger partial charge in [0.25, 0.3) is 5.91 Å². The fourth-order valence-electron chi connectivity index (χ4n) is 3.80. The number of nitrogens with one attached hydrogen (secondary N) is 1. The Balaban J connectivity index is 1.62. The van der Waals surface area contributed by atoms with E-state index in [-0.39, 0.29) is 11.9 Å². The van der Waals surface area contributed by atoms with E-state index in [0.717, 1.165) is 36.0 Å². The fourth-order valence-corrected chi connectivity index (χ4v) is 3.80. The molecule has 134 valence electrons. The molecule has 0 radical (unpaired) electrons. The number of carbonyl (C=O) groups excluding carboxylic acids is 1. The van der Waals surface area contributed by atoms with Crippen molar-refractivity contribution in [2.24, 2.45) is 0 Å². The lowest BCUT2D eigenvalue weighted by molar-refractivity contribution is 0.0906. The number of hydrogen-bond donors (Lipinski definition) is 1. The number of ether oxygens (including phenoxy) is 1. The zero-order valence-electron chi connectivity index (χ0n) is 15.2. The zero-order chi connectivity index (χ0) is 18.1. The zero-order valence-corrected chi connectivity index (χ0v) is 15.2. The van der Waals surface area contributed by atoms with Gasteiger partial charge in [0.1, 0.15) is 11.3 Å². The van der Waals surface area contributed by atoms with E-state index in [1.54, 1.807) is 0 Å². The van der Waals surface area contributed by atoms with Crippen LogP contribution in [0.5, 0.6) is 5.75 Å². The van der Waals surface area contributed by atoms with E-state index < -0.39 is 0 Å². The van der Waals surface area contributed by atoms with Crippen molar-refractivity contribution in [3.63, 3.8) is 0 Å². The summed E-state index contributed by atoms with van der Waals surface area (Å²) in [5, 5.41) is 4.09. The van der Waals surface area contributed by atoms with Crippen molar-refractivity contribution in [1.29, 1.82) is 0 Å². The van der Waals surface area contributed by atoms with Crippen LogP contribution in [0.3, 0.4) is 0 Å². The predicted octanol–water partition coefficient (Wildman–Crippen LogP) is 4.95. The van der Waals surface area contributed by atoms with Crippen LogP contribution in [-0.2, 0) is 6.42 Å². The molecule has 4 rings (SSSR count). The molecule has 0 saturated carbocycles. The average molecular weight is 349 g/mol. The van der Waals surface area contributed by atoms with Gasteiger partial charge in [-0.1, -0.05) is 24.3 Å². The second kappa shape index (κ2) is 6.87. The number of fused-ring (bicyclic) bond motifs is 2. The number of benzene rings is 2. The van der Waals surface area contributed by atoms with Crippen molar-refractivity contribution >= 4 is 16.9 Å². The molecule has 3 aromatic rings. The third-order valence-corrected chi connectivity index (χ3v) is 5.10. The van der Waals surface area contributed by atoms with Crippen molar-refractivity contribution in [1.82, 2.24) is 5.32 Å². The van der Waals surface area contributed by atoms with Crippen LogP contribution < -0.4 is 10.1 Å². The molecule has 2 aromatic carbocycles. The van der Waals surface area contributed by atoms with Crippen LogP contribution in [0.1, 0.15) is 53.1 Å². The molecule has 1 aliphatic rings. The lowest BCUT2D eigenvalue weighted by Crippen LogP contribution is -2.31. The second-order valence-corrected chi connectivity index (χ2v) is 6.76. The quantitative estimate of drug-likeness (QED) is 0.725. The van der Waals surface area contributed by atoms with Crippen LogP contribution in [-0.4, -0.2) is 12.5 Å². The monoisotopic (exact) mass is 349 g/mol. The van der Waals surface area contributed by atoms with Gasteiger partial charge in [0.2, 0.25) is 0 Å². The van der Waals surface area contributed by atoms with E-state index in [4.69, 9.17) is 9.15 Å². The average Bonchev–Trinajstić information content (AvgIpc) is 2.99. The van der Waals surface area contributed by atoms with Gasteiger partial charge in [-0.15, -0.1) is 0 Å². The second-order valence-electron chi connectivity index (χ2n) is 6.76. The summed E-state index contributed by atoms with van der Waals surface area (Å²) in [6.45, 7) is 4.48. The fraction of sp³-hybridized carbons (Fsp3) is 0.318. The SMILES string of the molecule is CCOc1ccc2oc(C(=O)N[C@@H]3CCCc4ccccc43)c(C)c2c1. The lowest BCUT2D eigenvalue weighted by atomic mass is 9.87. The van der Waals surface area contributed by atoms with Crippen LogP contribution in [0.4, 0.5) is 0 Å². The maximum atomic E-state index is 12.9. The minimum Gasteiger partial charge on any atom is -0.494 e. The minimum atomic E-state index is -0.154. The molecule has 1 amide bonds. The summed E-state index contributed by atoms with van der Waals surface area (Å²) in [5.41, 5.74) is 4.11. The van der Waals surface area contributed by atoms with Gasteiger partial charge in [0.15, 0.2) is 5.76 Å². The van der Waals surface area contributed by atoms with Gasteiger partial charge >= 0.3 is 0 Å². The third-order valence-electron chi connectivity index (χ3n) is 5.10. The Hall–Kier alpha value is -2.75. The summed E-state index contributed by atoms with van der Waals surface area (Å²) in [6.07, 6.45) is 3.11. The predicted molar refractivity (Wildman–Crippen MR) is 102 cm³/mol. The Bertz CT molecular complexity index is 957. The molecule has 0 spiro atoms. The highest BCUT2D eigenvalue weighted by atomic mass is 16.5. The maximum Gasteiger partial charge on any atom is 0.287 e. The highest BCUT2D eigenvalue weighted by molar-refractivity contribution is 5.99. The number of carbonyl (C=O) groups is 1. The highest BCUT2D eigenvalue weighted by Crippen LogP contribution is 2.32. The van der Waals surface area contributed by atoms with Crippen molar-refractivity contribution in [3.8, 4) is 5.75 Å². The first-order valence-corrected chi connectivity index (χ1v) is 9.22. The normalized spacial score (nSPS) is 16.3. The summed E-state index contributed by atoms with van der Waals surface area (Å²) in [5.74, 6) is 1.02. The molecular formula is C22H23NO3. The van der Waals surface area contributed by atoms with Gasteiger partial charge in [0, 0.05) is 10.9 Å². The largest absolute Gasteiger partial charge is 0.494 e. The van der Waals surface area contributed by atoms with Crippen molar-refractivity contribution < 1.29 is 13.9 Å². The maximum absolute atomic E-state index is 12.9. The van der Waals surface area contributed by atoms with Crippen molar-refractivity contribution in [2.45, 2.75) is 39.2 Å². The molecule has 1 aromatic heterocycles. The molecule has 1 aliphatic carbocycles. The summed E-state index contributed by atoms with van der Waals surface area (Å²) >= 11 is 0. The number of amides is 1. The molecular weight excluding hydrogens is 326 g/mol. The number of hydrogen-bond acceptors (Lipinski definition) is 3. The van der Waals surface area contributed by atoms with Crippen LogP contribution in [0.15, 0.2) is 46.9 Å². The molecule has 1 N–H and O–H groups in total. The Labute approximate surface area is 153 Å². The smallest absolute Gasteiger partial charge is 0.287 e. The minimum absolute atomic E-state index is 0.0408. The van der Waals surface area contributed by atoms with Crippen LogP contribution in [0.2, 0.25) is 0 Å². The molecule has 1 heterocycles. The summed E-state index contributed by atoms with van der Waals surface area (Å²) < 4.78 is 11.4. The molecule has 1 atom stereocenters. The number of rotatable bonds is 4. The van der Waals surface area contributed by atoms with E-state index in [1.165, 1.54) is 11.1 Å². The van der Waals surface area contributed by atoms with Crippen molar-refractivity contribution in [2.75, 3.05) is 6.61 Å². The molecule has 0 saturated heterocycles. The van der Waals surface area contributed by atoms with Gasteiger partial charge in [0.05, 0.1) is 12.6 Å². The molecule has 4 heteroatoms. The van der Waals surface area contributed by atoms with Gasteiger partial charge in [-0.05, 0) is 62.4 Å². The first-order chi connectivity index (χ1) is 12.7. The Morgan fingerprint density at radius 2 is 2.12 bits per heavy atom. The van der Waals surface area contributed by atoms with E-state index in [1.807, 2.05) is 38.1 Å². The lowest BCUT2D eigenvalue weighted by Gasteiger charge is -2.26. The number of aryl methyl sites for hydroxylation is 2. The first kappa shape index (κ1) is 16.7. The van der Waals surface area contributed by atoms with Gasteiger partial charge < -0.3 is 14.5 Å². The van der Waals surface area contributed by atoms with E-state index >= 15 is 0 Å². The summed E-state index contributed by atoms with van der Waals surface area (Å²) in [7, 11) is 0. The Morgan fingerprint density at radius 1 is 1.27 bits per heavy atom. The Kier molecular flexibility index (Phi) is 4.41. The van der Waals surface area contributed by atoms with Gasteiger partial charge in [-0.25, -0.2) is 0 Å². The molecule has 0 aliphatic heterocycles. The number of furan rings is 1. The molecule has 26 heavy (non-hydrogen) atoms. The highest BCUT2D eigenvalue weighted by Gasteiger charge is 2.25. The van der Waals surface area contributed by atoms with E-state index in [9.17, 15) is 4.79 Å². The van der Waals surface area contributed by atoms with Crippen LogP contribution in [0, 0.1) is 6.92 Å². The molecule has 4 nitrogen and oxygen atoms in total. The summed E-state index contributed by atoms with van der Waals surface area (Å²) in [4.78, 5) is 12.9. The van der Waals surface area contributed by atoms with Gasteiger partial charge in [-0.3, -0.25) is 4.79 Å². The topological polar surface area (TPSA) is 51.5 Å². The molecule has 0 bridgehead atoms. The molecule has 0 unspecified atom stereocenters.